The minimum atomic E-state index is -0.338. The van der Waals surface area contributed by atoms with Gasteiger partial charge in [-0.25, -0.2) is 9.78 Å². The van der Waals surface area contributed by atoms with Gasteiger partial charge in [0.1, 0.15) is 5.65 Å². The van der Waals surface area contributed by atoms with Gasteiger partial charge in [0.15, 0.2) is 0 Å². The Bertz CT molecular complexity index is 759. The second-order valence-corrected chi connectivity index (χ2v) is 4.20. The number of fused-ring (bicyclic) bond motifs is 3. The predicted molar refractivity (Wildman–Crippen MR) is 69.7 cm³/mol. The number of hydrogen-bond acceptors (Lipinski definition) is 3. The molecule has 0 aliphatic carbocycles. The first-order valence-electron chi connectivity index (χ1n) is 5.67. The van der Waals surface area contributed by atoms with E-state index in [0.717, 1.165) is 27.6 Å². The number of rotatable bonds is 1. The van der Waals surface area contributed by atoms with Crippen LogP contribution < -0.4 is 0 Å². The molecule has 0 saturated carbocycles. The van der Waals surface area contributed by atoms with Gasteiger partial charge in [-0.3, -0.25) is 0 Å². The quantitative estimate of drug-likeness (QED) is 0.665. The fraction of sp³-hybridized carbons (Fsp3) is 0.143. The van der Waals surface area contributed by atoms with Crippen LogP contribution in [0.25, 0.3) is 21.9 Å². The van der Waals surface area contributed by atoms with Crippen molar-refractivity contribution in [1.29, 1.82) is 0 Å². The van der Waals surface area contributed by atoms with Gasteiger partial charge in [0.2, 0.25) is 0 Å². The number of ether oxygens (including phenoxy) is 1. The van der Waals surface area contributed by atoms with Crippen LogP contribution in [0.4, 0.5) is 0 Å². The van der Waals surface area contributed by atoms with Gasteiger partial charge in [-0.1, -0.05) is 18.2 Å². The monoisotopic (exact) mass is 240 g/mol. The summed E-state index contributed by atoms with van der Waals surface area (Å²) >= 11 is 0. The molecule has 0 amide bonds. The fourth-order valence-electron chi connectivity index (χ4n) is 2.24. The molecule has 1 N–H and O–H groups in total. The molecule has 0 saturated heterocycles. The zero-order valence-corrected chi connectivity index (χ0v) is 10.2. The number of H-pyrrole nitrogens is 1. The Morgan fingerprint density at radius 3 is 2.89 bits per heavy atom. The Labute approximate surface area is 104 Å². The highest BCUT2D eigenvalue weighted by Crippen LogP contribution is 2.28. The van der Waals surface area contributed by atoms with E-state index in [1.807, 2.05) is 31.2 Å². The Hall–Kier alpha value is -2.36. The van der Waals surface area contributed by atoms with E-state index in [-0.39, 0.29) is 5.97 Å². The molecule has 2 aromatic heterocycles. The van der Waals surface area contributed by atoms with Crippen molar-refractivity contribution in [2.75, 3.05) is 7.11 Å². The molecule has 1 aromatic carbocycles. The van der Waals surface area contributed by atoms with Crippen molar-refractivity contribution in [3.63, 3.8) is 0 Å². The molecule has 0 fully saturated rings. The van der Waals surface area contributed by atoms with Crippen molar-refractivity contribution in [3.05, 3.63) is 41.6 Å². The van der Waals surface area contributed by atoms with Gasteiger partial charge in [0, 0.05) is 22.0 Å². The van der Waals surface area contributed by atoms with Crippen molar-refractivity contribution < 1.29 is 9.53 Å². The van der Waals surface area contributed by atoms with Crippen LogP contribution in [0.1, 0.15) is 16.1 Å². The molecular weight excluding hydrogens is 228 g/mol. The number of methoxy groups -OCH3 is 1. The van der Waals surface area contributed by atoms with Crippen LogP contribution in [0.3, 0.4) is 0 Å². The number of para-hydroxylation sites is 1. The molecule has 4 nitrogen and oxygen atoms in total. The maximum Gasteiger partial charge on any atom is 0.338 e. The third-order valence-corrected chi connectivity index (χ3v) is 3.00. The number of nitrogens with one attached hydrogen (secondary N) is 1. The van der Waals surface area contributed by atoms with Crippen molar-refractivity contribution in [2.24, 2.45) is 0 Å². The number of benzene rings is 1. The molecule has 0 spiro atoms. The van der Waals surface area contributed by atoms with E-state index >= 15 is 0 Å². The highest BCUT2D eigenvalue weighted by atomic mass is 16.5. The number of carbonyl (C=O) groups excluding carboxylic acids is 1. The number of aromatic nitrogens is 2. The van der Waals surface area contributed by atoms with Gasteiger partial charge in [-0.15, -0.1) is 0 Å². The lowest BCUT2D eigenvalue weighted by atomic mass is 10.1. The van der Waals surface area contributed by atoms with Crippen molar-refractivity contribution in [1.82, 2.24) is 9.97 Å². The van der Waals surface area contributed by atoms with E-state index in [2.05, 4.69) is 9.97 Å². The predicted octanol–water partition coefficient (Wildman–Crippen LogP) is 2.81. The van der Waals surface area contributed by atoms with Gasteiger partial charge < -0.3 is 9.72 Å². The molecule has 2 heterocycles. The first-order valence-corrected chi connectivity index (χ1v) is 5.67. The molecule has 0 aliphatic heterocycles. The summed E-state index contributed by atoms with van der Waals surface area (Å²) in [6.07, 6.45) is 0. The number of pyridine rings is 1. The maximum atomic E-state index is 11.9. The number of carbonyl (C=O) groups is 1. The SMILES string of the molecule is COC(=O)c1cc(C)nc2[nH]c3ccccc3c12. The van der Waals surface area contributed by atoms with Crippen LogP contribution in [-0.4, -0.2) is 23.0 Å². The Balaban J connectivity index is 2.50. The summed E-state index contributed by atoms with van der Waals surface area (Å²) in [5, 5.41) is 1.81. The molecule has 0 aliphatic rings. The third kappa shape index (κ3) is 1.46. The summed E-state index contributed by atoms with van der Waals surface area (Å²) in [6.45, 7) is 1.86. The number of aromatic amines is 1. The minimum Gasteiger partial charge on any atom is -0.465 e. The Morgan fingerprint density at radius 1 is 1.33 bits per heavy atom. The van der Waals surface area contributed by atoms with Crippen LogP contribution in [0.2, 0.25) is 0 Å². The van der Waals surface area contributed by atoms with E-state index in [4.69, 9.17) is 4.74 Å². The van der Waals surface area contributed by atoms with Gasteiger partial charge in [-0.2, -0.15) is 0 Å². The van der Waals surface area contributed by atoms with Crippen LogP contribution in [0, 0.1) is 6.92 Å². The van der Waals surface area contributed by atoms with Crippen LogP contribution >= 0.6 is 0 Å². The normalized spacial score (nSPS) is 11.0. The Morgan fingerprint density at radius 2 is 2.11 bits per heavy atom. The molecule has 18 heavy (non-hydrogen) atoms. The fourth-order valence-corrected chi connectivity index (χ4v) is 2.24. The molecular formula is C14H12N2O2. The van der Waals surface area contributed by atoms with Crippen molar-refractivity contribution >= 4 is 27.9 Å². The Kier molecular flexibility index (Phi) is 2.30. The lowest BCUT2D eigenvalue weighted by molar-refractivity contribution is 0.0603. The highest BCUT2D eigenvalue weighted by Gasteiger charge is 2.16. The second-order valence-electron chi connectivity index (χ2n) is 4.20. The van der Waals surface area contributed by atoms with Gasteiger partial charge in [0.25, 0.3) is 0 Å². The number of hydrogen-bond donors (Lipinski definition) is 1. The second kappa shape index (κ2) is 3.84. The average Bonchev–Trinajstić information content (AvgIpc) is 2.74. The van der Waals surface area contributed by atoms with Crippen molar-refractivity contribution in [2.45, 2.75) is 6.92 Å². The van der Waals surface area contributed by atoms with Crippen LogP contribution in [-0.2, 0) is 4.74 Å². The van der Waals surface area contributed by atoms with Gasteiger partial charge in [0.05, 0.1) is 12.7 Å². The lowest BCUT2D eigenvalue weighted by Crippen LogP contribution is -2.03. The summed E-state index contributed by atoms with van der Waals surface area (Å²) in [6, 6.07) is 9.58. The molecule has 0 unspecified atom stereocenters. The van der Waals surface area contributed by atoms with E-state index in [1.165, 1.54) is 7.11 Å². The first kappa shape index (κ1) is 10.8. The molecule has 0 bridgehead atoms. The number of nitrogens with zero attached hydrogens (tertiary/aromatic N) is 1. The summed E-state index contributed by atoms with van der Waals surface area (Å²) in [5.74, 6) is -0.338. The zero-order chi connectivity index (χ0) is 12.7. The molecule has 4 heteroatoms. The lowest BCUT2D eigenvalue weighted by Gasteiger charge is -2.03. The average molecular weight is 240 g/mol. The number of esters is 1. The molecule has 0 radical (unpaired) electrons. The van der Waals surface area contributed by atoms with Gasteiger partial charge >= 0.3 is 5.97 Å². The molecule has 90 valence electrons. The van der Waals surface area contributed by atoms with Crippen LogP contribution in [0.5, 0.6) is 0 Å². The summed E-state index contributed by atoms with van der Waals surface area (Å²) < 4.78 is 4.84. The van der Waals surface area contributed by atoms with E-state index in [9.17, 15) is 4.79 Å². The molecule has 3 rings (SSSR count). The minimum absolute atomic E-state index is 0.338. The zero-order valence-electron chi connectivity index (χ0n) is 10.2. The van der Waals surface area contributed by atoms with Gasteiger partial charge in [-0.05, 0) is 19.1 Å². The number of aryl methyl sites for hydroxylation is 1. The van der Waals surface area contributed by atoms with Crippen LogP contribution in [0.15, 0.2) is 30.3 Å². The maximum absolute atomic E-state index is 11.9. The molecule has 0 atom stereocenters. The summed E-state index contributed by atoms with van der Waals surface area (Å²) in [7, 11) is 1.39. The largest absolute Gasteiger partial charge is 0.465 e. The smallest absolute Gasteiger partial charge is 0.338 e. The third-order valence-electron chi connectivity index (χ3n) is 3.00. The van der Waals surface area contributed by atoms with E-state index < -0.39 is 0 Å². The first-order chi connectivity index (χ1) is 8.70. The van der Waals surface area contributed by atoms with Crippen molar-refractivity contribution in [3.8, 4) is 0 Å². The van der Waals surface area contributed by atoms with E-state index in [0.29, 0.717) is 5.56 Å². The summed E-state index contributed by atoms with van der Waals surface area (Å²) in [5.41, 5.74) is 3.03. The summed E-state index contributed by atoms with van der Waals surface area (Å²) in [4.78, 5) is 19.5. The van der Waals surface area contributed by atoms with E-state index in [1.54, 1.807) is 6.07 Å². The topological polar surface area (TPSA) is 55.0 Å². The highest BCUT2D eigenvalue weighted by molar-refractivity contribution is 6.15. The molecule has 3 aromatic rings. The standard InChI is InChI=1S/C14H12N2O2/c1-8-7-10(14(17)18-2)12-9-5-3-4-6-11(9)16-13(12)15-8/h3-7H,1-2H3,(H,15,16).